The van der Waals surface area contributed by atoms with E-state index in [2.05, 4.69) is 15.3 Å². The number of methoxy groups -OCH3 is 1. The van der Waals surface area contributed by atoms with Gasteiger partial charge in [0.2, 0.25) is 0 Å². The quantitative estimate of drug-likeness (QED) is 0.484. The van der Waals surface area contributed by atoms with E-state index in [0.717, 1.165) is 16.5 Å². The smallest absolute Gasteiger partial charge is 0.310 e. The lowest BCUT2D eigenvalue weighted by atomic mass is 9.99. The third-order valence-corrected chi connectivity index (χ3v) is 8.00. The molecule has 10 heteroatoms. The number of para-hydroxylation sites is 1. The summed E-state index contributed by atoms with van der Waals surface area (Å²) in [6, 6.07) is 8.19. The number of nitrogens with zero attached hydrogens (tertiary/aromatic N) is 2. The Balaban J connectivity index is 1.57. The van der Waals surface area contributed by atoms with Crippen LogP contribution in [0.25, 0.3) is 16.5 Å². The number of alkyl halides is 2. The molecular weight excluding hydrogens is 474 g/mol. The zero-order chi connectivity index (χ0) is 25.0. The van der Waals surface area contributed by atoms with Crippen LogP contribution in [0.5, 0.6) is 11.5 Å². The Kier molecular flexibility index (Phi) is 5.66. The van der Waals surface area contributed by atoms with Crippen LogP contribution >= 0.6 is 0 Å². The van der Waals surface area contributed by atoms with E-state index in [1.165, 1.54) is 6.07 Å². The second-order valence-corrected chi connectivity index (χ2v) is 11.3. The lowest BCUT2D eigenvalue weighted by Crippen LogP contribution is -2.14. The molecule has 7 nitrogen and oxygen atoms in total. The molecule has 3 heterocycles. The average molecular weight is 501 g/mol. The molecule has 0 bridgehead atoms. The number of anilines is 1. The summed E-state index contributed by atoms with van der Waals surface area (Å²) in [6.45, 7) is 3.00. The van der Waals surface area contributed by atoms with Gasteiger partial charge in [-0.3, -0.25) is 4.78 Å². The topological polar surface area (TPSA) is 97.2 Å². The molecule has 1 aromatic heterocycles. The Hall–Kier alpha value is -3.27. The first-order chi connectivity index (χ1) is 16.6. The highest BCUT2D eigenvalue weighted by molar-refractivity contribution is 7.92. The van der Waals surface area contributed by atoms with Crippen molar-refractivity contribution in [3.05, 3.63) is 58.9 Å². The fourth-order valence-corrected chi connectivity index (χ4v) is 5.80. The Morgan fingerprint density at radius 2 is 2.09 bits per heavy atom. The molecule has 0 saturated carbocycles. The highest BCUT2D eigenvalue weighted by atomic mass is 32.2. The van der Waals surface area contributed by atoms with Crippen molar-refractivity contribution in [2.45, 2.75) is 32.2 Å². The standard InChI is InChI=1S/C25H26F2N4O3S/c1-14(17-5-4-6-20-23(17)34-13-25(20,26)27)29-24-19-11-18(16-7-9-35(28,32)10-8-16)22(33-3)12-21(19)30-15(2)31-24/h4-7,11-12,14,28H,8-10,13H2,1-3H3,(H,29,30,31)/t14-,35?/m1/s1. The molecule has 2 aliphatic rings. The van der Waals surface area contributed by atoms with Crippen LogP contribution in [0.3, 0.4) is 0 Å². The Bertz CT molecular complexity index is 1470. The Morgan fingerprint density at radius 3 is 2.80 bits per heavy atom. The van der Waals surface area contributed by atoms with Gasteiger partial charge in [-0.05, 0) is 38.0 Å². The molecule has 2 aromatic carbocycles. The van der Waals surface area contributed by atoms with Gasteiger partial charge in [0.15, 0.2) is 6.61 Å². The number of fused-ring (bicyclic) bond motifs is 2. The van der Waals surface area contributed by atoms with Crippen molar-refractivity contribution < 1.29 is 22.5 Å². The molecule has 1 unspecified atom stereocenters. The molecule has 3 aromatic rings. The van der Waals surface area contributed by atoms with E-state index in [1.54, 1.807) is 26.2 Å². The fourth-order valence-electron chi connectivity index (χ4n) is 4.61. The number of hydrogen-bond donors (Lipinski definition) is 2. The Labute approximate surface area is 202 Å². The molecule has 2 atom stereocenters. The van der Waals surface area contributed by atoms with Crippen LogP contribution in [0.2, 0.25) is 0 Å². The summed E-state index contributed by atoms with van der Waals surface area (Å²) in [7, 11) is -0.993. The van der Waals surface area contributed by atoms with Crippen molar-refractivity contribution >= 4 is 32.0 Å². The zero-order valence-corrected chi connectivity index (χ0v) is 20.5. The number of benzene rings is 2. The average Bonchev–Trinajstić information content (AvgIpc) is 3.13. The van der Waals surface area contributed by atoms with Crippen molar-refractivity contribution in [3.8, 4) is 11.5 Å². The van der Waals surface area contributed by atoms with E-state index >= 15 is 0 Å². The SMILES string of the molecule is COc1cc2nc(C)nc(N[C@H](C)c3cccc4c3OCC4(F)F)c2cc1C1=CCS(=N)(=O)CC1. The molecule has 0 fully saturated rings. The number of halogens is 2. The van der Waals surface area contributed by atoms with Crippen LogP contribution in [0.15, 0.2) is 36.4 Å². The number of aryl methyl sites for hydroxylation is 1. The van der Waals surface area contributed by atoms with Gasteiger partial charge >= 0.3 is 5.92 Å². The minimum atomic E-state index is -3.01. The summed E-state index contributed by atoms with van der Waals surface area (Å²) in [6.07, 6.45) is 2.36. The van der Waals surface area contributed by atoms with Gasteiger partial charge in [0.05, 0.1) is 30.0 Å². The molecular formula is C25H26F2N4O3S. The lowest BCUT2D eigenvalue weighted by Gasteiger charge is -2.21. The number of allylic oxidation sites excluding steroid dienone is 1. The number of aromatic nitrogens is 2. The van der Waals surface area contributed by atoms with Crippen LogP contribution in [0.4, 0.5) is 14.6 Å². The lowest BCUT2D eigenvalue weighted by molar-refractivity contribution is -0.0214. The number of hydrogen-bond acceptors (Lipinski definition) is 7. The normalized spacial score (nSPS) is 21.7. The number of nitrogens with one attached hydrogen (secondary N) is 2. The van der Waals surface area contributed by atoms with E-state index in [1.807, 2.05) is 25.1 Å². The highest BCUT2D eigenvalue weighted by Crippen LogP contribution is 2.45. The van der Waals surface area contributed by atoms with Gasteiger partial charge in [-0.15, -0.1) is 0 Å². The molecule has 2 aliphatic heterocycles. The third kappa shape index (κ3) is 4.31. The monoisotopic (exact) mass is 500 g/mol. The van der Waals surface area contributed by atoms with Gasteiger partial charge in [-0.2, -0.15) is 8.78 Å². The maximum Gasteiger partial charge on any atom is 0.310 e. The molecule has 0 saturated heterocycles. The van der Waals surface area contributed by atoms with E-state index < -0.39 is 22.3 Å². The van der Waals surface area contributed by atoms with Gasteiger partial charge in [0.1, 0.15) is 23.1 Å². The first-order valence-corrected chi connectivity index (χ1v) is 13.2. The predicted octanol–water partition coefficient (Wildman–Crippen LogP) is 5.44. The largest absolute Gasteiger partial charge is 0.496 e. The molecule has 2 N–H and O–H groups in total. The second-order valence-electron chi connectivity index (χ2n) is 8.93. The van der Waals surface area contributed by atoms with Crippen LogP contribution in [0, 0.1) is 11.7 Å². The van der Waals surface area contributed by atoms with Crippen LogP contribution in [-0.2, 0) is 15.7 Å². The molecule has 0 aliphatic carbocycles. The van der Waals surface area contributed by atoms with E-state index in [4.69, 9.17) is 14.3 Å². The van der Waals surface area contributed by atoms with Crippen molar-refractivity contribution in [1.29, 1.82) is 4.78 Å². The zero-order valence-electron chi connectivity index (χ0n) is 19.7. The molecule has 0 amide bonds. The van der Waals surface area contributed by atoms with Crippen molar-refractivity contribution in [2.75, 3.05) is 30.5 Å². The van der Waals surface area contributed by atoms with Crippen LogP contribution in [0.1, 0.15) is 41.9 Å². The first-order valence-electron chi connectivity index (χ1n) is 11.3. The van der Waals surface area contributed by atoms with E-state index in [0.29, 0.717) is 40.6 Å². The van der Waals surface area contributed by atoms with E-state index in [9.17, 15) is 13.0 Å². The maximum absolute atomic E-state index is 14.2. The summed E-state index contributed by atoms with van der Waals surface area (Å²) in [5.41, 5.74) is 3.00. The summed E-state index contributed by atoms with van der Waals surface area (Å²) in [5, 5.41) is 4.11. The summed E-state index contributed by atoms with van der Waals surface area (Å²) in [4.78, 5) is 9.17. The van der Waals surface area contributed by atoms with Crippen LogP contribution < -0.4 is 14.8 Å². The predicted molar refractivity (Wildman–Crippen MR) is 132 cm³/mol. The number of ether oxygens (including phenoxy) is 2. The van der Waals surface area contributed by atoms with E-state index in [-0.39, 0.29) is 23.1 Å². The van der Waals surface area contributed by atoms with Crippen molar-refractivity contribution in [1.82, 2.24) is 9.97 Å². The van der Waals surface area contributed by atoms with Gasteiger partial charge in [-0.1, -0.05) is 18.2 Å². The third-order valence-electron chi connectivity index (χ3n) is 6.43. The number of rotatable bonds is 5. The molecule has 5 rings (SSSR count). The Morgan fingerprint density at radius 1 is 1.29 bits per heavy atom. The van der Waals surface area contributed by atoms with Crippen molar-refractivity contribution in [2.24, 2.45) is 0 Å². The minimum Gasteiger partial charge on any atom is -0.496 e. The van der Waals surface area contributed by atoms with Crippen molar-refractivity contribution in [3.63, 3.8) is 0 Å². The summed E-state index contributed by atoms with van der Waals surface area (Å²) >= 11 is 0. The minimum absolute atomic E-state index is 0.102. The molecule has 0 radical (unpaired) electrons. The fraction of sp³-hybridized carbons (Fsp3) is 0.360. The second kappa shape index (κ2) is 8.44. The van der Waals surface area contributed by atoms with Crippen LogP contribution in [-0.4, -0.2) is 39.4 Å². The molecule has 0 spiro atoms. The van der Waals surface area contributed by atoms with Gasteiger partial charge < -0.3 is 14.8 Å². The first kappa shape index (κ1) is 23.5. The molecule has 35 heavy (non-hydrogen) atoms. The summed E-state index contributed by atoms with van der Waals surface area (Å²) < 4.78 is 59.4. The van der Waals surface area contributed by atoms with Gasteiger partial charge in [-0.25, -0.2) is 14.2 Å². The summed E-state index contributed by atoms with van der Waals surface area (Å²) in [5.74, 6) is -0.543. The molecule has 184 valence electrons. The maximum atomic E-state index is 14.2. The highest BCUT2D eigenvalue weighted by Gasteiger charge is 2.42. The van der Waals surface area contributed by atoms with Gasteiger partial charge in [0, 0.05) is 38.1 Å². The van der Waals surface area contributed by atoms with Gasteiger partial charge in [0.25, 0.3) is 0 Å².